The van der Waals surface area contributed by atoms with Crippen LogP contribution in [0.5, 0.6) is 0 Å². The lowest BCUT2D eigenvalue weighted by molar-refractivity contribution is -0.0000146. The number of nitrogen functional groups attached to an aromatic ring is 1. The number of anilines is 1. The van der Waals surface area contributed by atoms with Crippen molar-refractivity contribution in [3.05, 3.63) is 53.7 Å². The highest BCUT2D eigenvalue weighted by atomic mass is 35.5. The van der Waals surface area contributed by atoms with Gasteiger partial charge in [-0.2, -0.15) is 0 Å². The minimum atomic E-state index is -0.394. The van der Waals surface area contributed by atoms with Gasteiger partial charge in [-0.05, 0) is 41.0 Å². The molecule has 29 heavy (non-hydrogen) atoms. The van der Waals surface area contributed by atoms with Gasteiger partial charge in [-0.25, -0.2) is 4.63 Å². The fourth-order valence-corrected chi connectivity index (χ4v) is 3.49. The number of benzene rings is 2. The molecule has 0 bridgehead atoms. The van der Waals surface area contributed by atoms with Crippen LogP contribution >= 0.6 is 0 Å². The van der Waals surface area contributed by atoms with E-state index in [2.05, 4.69) is 79.5 Å². The molecular formula is C20H22ClN6O2-. The highest BCUT2D eigenvalue weighted by molar-refractivity contribution is 6.08. The Morgan fingerprint density at radius 1 is 1.10 bits per heavy atom. The molecule has 1 amide bonds. The van der Waals surface area contributed by atoms with Gasteiger partial charge in [0.2, 0.25) is 11.5 Å². The molecule has 2 aromatic carbocycles. The van der Waals surface area contributed by atoms with Gasteiger partial charge in [0, 0.05) is 48.0 Å². The van der Waals surface area contributed by atoms with Gasteiger partial charge in [-0.1, -0.05) is 24.3 Å². The first kappa shape index (κ1) is 20.6. The van der Waals surface area contributed by atoms with Crippen molar-refractivity contribution in [2.24, 2.45) is 0 Å². The van der Waals surface area contributed by atoms with Crippen LogP contribution in [-0.4, -0.2) is 33.9 Å². The van der Waals surface area contributed by atoms with Gasteiger partial charge in [0.15, 0.2) is 0 Å². The summed E-state index contributed by atoms with van der Waals surface area (Å²) in [6, 6.07) is 15.0. The second-order valence-electron chi connectivity index (χ2n) is 6.54. The van der Waals surface area contributed by atoms with Gasteiger partial charge in [-0.15, -0.1) is 0 Å². The number of halogens is 1. The van der Waals surface area contributed by atoms with E-state index in [1.165, 1.54) is 27.4 Å². The Morgan fingerprint density at radius 2 is 1.90 bits per heavy atom. The molecule has 9 heteroatoms. The van der Waals surface area contributed by atoms with Crippen molar-refractivity contribution >= 4 is 33.5 Å². The van der Waals surface area contributed by atoms with Crippen molar-refractivity contribution < 1.29 is 21.8 Å². The maximum absolute atomic E-state index is 11.9. The van der Waals surface area contributed by atoms with E-state index in [1.807, 2.05) is 0 Å². The van der Waals surface area contributed by atoms with Crippen LogP contribution in [0, 0.1) is 0 Å². The lowest BCUT2D eigenvalue weighted by atomic mass is 10.1. The van der Waals surface area contributed by atoms with Crippen molar-refractivity contribution in [2.45, 2.75) is 20.0 Å². The number of carbonyl (C=O) groups is 1. The molecule has 0 saturated carbocycles. The number of fused-ring (bicyclic) bond motifs is 3. The number of nitrogens with zero attached hydrogens (tertiary/aromatic N) is 3. The summed E-state index contributed by atoms with van der Waals surface area (Å²) in [5, 5.41) is 15.5. The van der Waals surface area contributed by atoms with Crippen molar-refractivity contribution in [3.63, 3.8) is 0 Å². The van der Waals surface area contributed by atoms with Crippen molar-refractivity contribution in [3.8, 4) is 0 Å². The Bertz CT molecular complexity index is 1140. The van der Waals surface area contributed by atoms with E-state index in [9.17, 15) is 4.79 Å². The number of carbonyl (C=O) groups excluding carboxylic acids is 1. The molecule has 0 saturated heterocycles. The second kappa shape index (κ2) is 8.93. The average molecular weight is 414 g/mol. The zero-order valence-corrected chi connectivity index (χ0v) is 16.7. The van der Waals surface area contributed by atoms with E-state index in [0.29, 0.717) is 19.6 Å². The van der Waals surface area contributed by atoms with E-state index in [1.54, 1.807) is 0 Å². The number of hydrogen-bond donors (Lipinski definition) is 3. The van der Waals surface area contributed by atoms with Crippen LogP contribution in [0.1, 0.15) is 23.0 Å². The molecule has 8 nitrogen and oxygen atoms in total. The van der Waals surface area contributed by atoms with Crippen LogP contribution in [0.4, 0.5) is 5.82 Å². The van der Waals surface area contributed by atoms with Gasteiger partial charge in [-0.3, -0.25) is 4.79 Å². The molecule has 4 rings (SSSR count). The molecule has 0 aliphatic rings. The zero-order chi connectivity index (χ0) is 19.5. The largest absolute Gasteiger partial charge is 1.00 e. The van der Waals surface area contributed by atoms with Gasteiger partial charge in [0.1, 0.15) is 0 Å². The molecule has 152 valence electrons. The summed E-state index contributed by atoms with van der Waals surface area (Å²) in [4.78, 5) is 11.9. The number of rotatable bonds is 7. The van der Waals surface area contributed by atoms with Crippen LogP contribution in [0.15, 0.2) is 47.1 Å². The summed E-state index contributed by atoms with van der Waals surface area (Å²) in [7, 11) is 0. The number of aromatic nitrogens is 3. The van der Waals surface area contributed by atoms with E-state index in [-0.39, 0.29) is 23.9 Å². The minimum Gasteiger partial charge on any atom is -1.00 e. The molecule has 0 aliphatic heterocycles. The monoisotopic (exact) mass is 413 g/mol. The number of nitrogens with one attached hydrogen (secondary N) is 2. The predicted molar refractivity (Wildman–Crippen MR) is 108 cm³/mol. The average Bonchev–Trinajstić information content (AvgIpc) is 3.28. The quantitative estimate of drug-likeness (QED) is 0.346. The molecule has 0 spiro atoms. The maximum atomic E-state index is 11.9. The molecule has 0 fully saturated rings. The normalized spacial score (nSPS) is 10.9. The SMILES string of the molecule is CCn1c2ccccc2c2cc(CNCCNC(=O)c3nonc3N)ccc21.[Cl-]. The summed E-state index contributed by atoms with van der Waals surface area (Å²) in [5.41, 5.74) is 9.22. The van der Waals surface area contributed by atoms with E-state index >= 15 is 0 Å². The molecule has 4 N–H and O–H groups in total. The molecule has 0 atom stereocenters. The smallest absolute Gasteiger partial charge is 0.277 e. The fourth-order valence-electron chi connectivity index (χ4n) is 3.49. The zero-order valence-electron chi connectivity index (χ0n) is 16.0. The Balaban J connectivity index is 0.00000240. The van der Waals surface area contributed by atoms with Crippen LogP contribution in [-0.2, 0) is 13.1 Å². The molecule has 0 radical (unpaired) electrons. The van der Waals surface area contributed by atoms with E-state index < -0.39 is 5.91 Å². The Labute approximate surface area is 173 Å². The van der Waals surface area contributed by atoms with E-state index in [0.717, 1.165) is 6.54 Å². The first-order chi connectivity index (χ1) is 13.7. The Morgan fingerprint density at radius 3 is 2.66 bits per heavy atom. The van der Waals surface area contributed by atoms with Crippen molar-refractivity contribution in [2.75, 3.05) is 18.8 Å². The van der Waals surface area contributed by atoms with Gasteiger partial charge in [0.05, 0.1) is 0 Å². The molecule has 2 aromatic heterocycles. The predicted octanol–water partition coefficient (Wildman–Crippen LogP) is -0.697. The van der Waals surface area contributed by atoms with Crippen molar-refractivity contribution in [1.82, 2.24) is 25.5 Å². The number of aryl methyl sites for hydroxylation is 1. The number of hydrogen-bond acceptors (Lipinski definition) is 6. The summed E-state index contributed by atoms with van der Waals surface area (Å²) in [6.07, 6.45) is 0. The van der Waals surface area contributed by atoms with Crippen LogP contribution in [0.3, 0.4) is 0 Å². The number of nitrogens with two attached hydrogens (primary N) is 1. The molecule has 4 aromatic rings. The Kier molecular flexibility index (Phi) is 6.36. The van der Waals surface area contributed by atoms with Gasteiger partial charge in [0.25, 0.3) is 5.91 Å². The first-order valence-electron chi connectivity index (χ1n) is 9.26. The third-order valence-corrected chi connectivity index (χ3v) is 4.80. The first-order valence-corrected chi connectivity index (χ1v) is 9.26. The fraction of sp³-hybridized carbons (Fsp3) is 0.250. The van der Waals surface area contributed by atoms with Crippen LogP contribution in [0.25, 0.3) is 21.8 Å². The molecule has 0 unspecified atom stereocenters. The minimum absolute atomic E-state index is 0. The molecule has 0 aliphatic carbocycles. The second-order valence-corrected chi connectivity index (χ2v) is 6.54. The standard InChI is InChI=1S/C20H22N6O2.ClH/c1-2-26-16-6-4-3-5-14(16)15-11-13(7-8-17(15)26)12-22-9-10-23-20(27)18-19(21)25-28-24-18;/h3-8,11,22H,2,9-10,12H2,1H3,(H2,21,25)(H,23,27);1H/p-1. The summed E-state index contributed by atoms with van der Waals surface area (Å²) in [5.74, 6) is -0.403. The van der Waals surface area contributed by atoms with Crippen molar-refractivity contribution in [1.29, 1.82) is 0 Å². The van der Waals surface area contributed by atoms with Crippen LogP contribution in [0.2, 0.25) is 0 Å². The summed E-state index contributed by atoms with van der Waals surface area (Å²) < 4.78 is 6.76. The van der Waals surface area contributed by atoms with Crippen LogP contribution < -0.4 is 28.8 Å². The highest BCUT2D eigenvalue weighted by Gasteiger charge is 2.15. The lowest BCUT2D eigenvalue weighted by Crippen LogP contribution is -3.00. The summed E-state index contributed by atoms with van der Waals surface area (Å²) >= 11 is 0. The Hall–Kier alpha value is -3.10. The third kappa shape index (κ3) is 4.03. The lowest BCUT2D eigenvalue weighted by Gasteiger charge is -2.07. The third-order valence-electron chi connectivity index (χ3n) is 4.80. The number of amides is 1. The maximum Gasteiger partial charge on any atom is 0.277 e. The van der Waals surface area contributed by atoms with E-state index in [4.69, 9.17) is 5.73 Å². The van der Waals surface area contributed by atoms with Gasteiger partial charge < -0.3 is 33.3 Å². The summed E-state index contributed by atoms with van der Waals surface area (Å²) in [6.45, 7) is 4.88. The highest BCUT2D eigenvalue weighted by Crippen LogP contribution is 2.29. The topological polar surface area (TPSA) is 111 Å². The van der Waals surface area contributed by atoms with Gasteiger partial charge >= 0.3 is 0 Å². The molecular weight excluding hydrogens is 392 g/mol. The molecule has 2 heterocycles. The number of para-hydroxylation sites is 1.